The Bertz CT molecular complexity index is 479. The topological polar surface area (TPSA) is 60.2 Å². The van der Waals surface area contributed by atoms with Crippen LogP contribution in [0.1, 0.15) is 24.7 Å². The maximum absolute atomic E-state index is 5.51. The summed E-state index contributed by atoms with van der Waals surface area (Å²) in [5.74, 6) is 0.890. The van der Waals surface area contributed by atoms with Crippen LogP contribution in [0.25, 0.3) is 0 Å². The SMILES string of the molecule is CCCOc1ccc(NCc2nonc2C)cc1. The Morgan fingerprint density at radius 2 is 2.00 bits per heavy atom. The van der Waals surface area contributed by atoms with Crippen LogP contribution in [0.15, 0.2) is 28.9 Å². The average Bonchev–Trinajstić information content (AvgIpc) is 2.81. The van der Waals surface area contributed by atoms with Crippen molar-refractivity contribution >= 4 is 5.69 Å². The predicted molar refractivity (Wildman–Crippen MR) is 68.6 cm³/mol. The van der Waals surface area contributed by atoms with E-state index in [4.69, 9.17) is 4.74 Å². The predicted octanol–water partition coefficient (Wildman–Crippen LogP) is 2.78. The van der Waals surface area contributed by atoms with Gasteiger partial charge in [-0.1, -0.05) is 17.2 Å². The maximum Gasteiger partial charge on any atom is 0.127 e. The first-order valence-corrected chi connectivity index (χ1v) is 6.04. The second-order valence-corrected chi connectivity index (χ2v) is 4.02. The van der Waals surface area contributed by atoms with Gasteiger partial charge in [0.1, 0.15) is 17.1 Å². The lowest BCUT2D eigenvalue weighted by Gasteiger charge is -2.07. The monoisotopic (exact) mass is 247 g/mol. The molecular formula is C13H17N3O2. The van der Waals surface area contributed by atoms with Crippen molar-refractivity contribution in [1.82, 2.24) is 10.3 Å². The molecule has 96 valence electrons. The van der Waals surface area contributed by atoms with Crippen LogP contribution in [0.3, 0.4) is 0 Å². The number of nitrogens with zero attached hydrogens (tertiary/aromatic N) is 2. The summed E-state index contributed by atoms with van der Waals surface area (Å²) in [6.07, 6.45) is 1.01. The summed E-state index contributed by atoms with van der Waals surface area (Å²) in [7, 11) is 0. The summed E-state index contributed by atoms with van der Waals surface area (Å²) in [5.41, 5.74) is 2.65. The summed E-state index contributed by atoms with van der Waals surface area (Å²) in [4.78, 5) is 0. The van der Waals surface area contributed by atoms with E-state index in [1.807, 2.05) is 31.2 Å². The zero-order chi connectivity index (χ0) is 12.8. The molecule has 2 aromatic rings. The lowest BCUT2D eigenvalue weighted by molar-refractivity contribution is 0.301. The minimum Gasteiger partial charge on any atom is -0.494 e. The standard InChI is InChI=1S/C13H17N3O2/c1-3-8-17-12-6-4-11(5-7-12)14-9-13-10(2)15-18-16-13/h4-7,14H,3,8-9H2,1-2H3. The van der Waals surface area contributed by atoms with Gasteiger partial charge in [0.25, 0.3) is 0 Å². The third-order valence-corrected chi connectivity index (χ3v) is 2.53. The van der Waals surface area contributed by atoms with Gasteiger partial charge in [0, 0.05) is 5.69 Å². The number of rotatable bonds is 6. The fourth-order valence-electron chi connectivity index (χ4n) is 1.48. The molecule has 0 fully saturated rings. The molecule has 1 aromatic heterocycles. The second kappa shape index (κ2) is 6.05. The number of hydrogen-bond acceptors (Lipinski definition) is 5. The number of ether oxygens (including phenoxy) is 1. The quantitative estimate of drug-likeness (QED) is 0.850. The Morgan fingerprint density at radius 3 is 2.61 bits per heavy atom. The molecule has 0 saturated carbocycles. The molecule has 0 saturated heterocycles. The van der Waals surface area contributed by atoms with Gasteiger partial charge < -0.3 is 10.1 Å². The number of benzene rings is 1. The largest absolute Gasteiger partial charge is 0.494 e. The molecule has 5 nitrogen and oxygen atoms in total. The molecule has 0 aliphatic rings. The van der Waals surface area contributed by atoms with E-state index in [9.17, 15) is 0 Å². The van der Waals surface area contributed by atoms with Crippen LogP contribution in [0, 0.1) is 6.92 Å². The number of aromatic nitrogens is 2. The molecule has 0 amide bonds. The molecule has 0 radical (unpaired) electrons. The zero-order valence-electron chi connectivity index (χ0n) is 10.6. The second-order valence-electron chi connectivity index (χ2n) is 4.02. The zero-order valence-corrected chi connectivity index (χ0v) is 10.6. The Morgan fingerprint density at radius 1 is 1.22 bits per heavy atom. The van der Waals surface area contributed by atoms with E-state index in [1.54, 1.807) is 0 Å². The highest BCUT2D eigenvalue weighted by molar-refractivity contribution is 5.46. The first kappa shape index (κ1) is 12.4. The first-order valence-electron chi connectivity index (χ1n) is 6.04. The fourth-order valence-corrected chi connectivity index (χ4v) is 1.48. The highest BCUT2D eigenvalue weighted by atomic mass is 16.6. The summed E-state index contributed by atoms with van der Waals surface area (Å²) in [5, 5.41) is 10.8. The van der Waals surface area contributed by atoms with Gasteiger partial charge in [-0.3, -0.25) is 0 Å². The van der Waals surface area contributed by atoms with Crippen molar-refractivity contribution in [2.45, 2.75) is 26.8 Å². The van der Waals surface area contributed by atoms with Crippen LogP contribution in [-0.2, 0) is 6.54 Å². The van der Waals surface area contributed by atoms with Crippen molar-refractivity contribution in [1.29, 1.82) is 0 Å². The third kappa shape index (κ3) is 3.23. The molecule has 0 bridgehead atoms. The first-order chi connectivity index (χ1) is 8.79. The number of hydrogen-bond donors (Lipinski definition) is 1. The fraction of sp³-hybridized carbons (Fsp3) is 0.385. The Balaban J connectivity index is 1.88. The van der Waals surface area contributed by atoms with Crippen molar-refractivity contribution in [2.24, 2.45) is 0 Å². The molecule has 0 atom stereocenters. The summed E-state index contributed by atoms with van der Waals surface area (Å²) in [6.45, 7) is 5.31. The van der Waals surface area contributed by atoms with Gasteiger partial charge in [-0.15, -0.1) is 0 Å². The molecule has 0 aliphatic carbocycles. The molecule has 2 rings (SSSR count). The van der Waals surface area contributed by atoms with Gasteiger partial charge >= 0.3 is 0 Å². The van der Waals surface area contributed by atoms with Crippen LogP contribution in [0.2, 0.25) is 0 Å². The molecule has 0 spiro atoms. The summed E-state index contributed by atoms with van der Waals surface area (Å²) >= 11 is 0. The number of aryl methyl sites for hydroxylation is 1. The van der Waals surface area contributed by atoms with Gasteiger partial charge in [0.2, 0.25) is 0 Å². The smallest absolute Gasteiger partial charge is 0.127 e. The highest BCUT2D eigenvalue weighted by Gasteiger charge is 2.04. The average molecular weight is 247 g/mol. The van der Waals surface area contributed by atoms with Crippen molar-refractivity contribution in [3.8, 4) is 5.75 Å². The van der Waals surface area contributed by atoms with Crippen LogP contribution < -0.4 is 10.1 Å². The van der Waals surface area contributed by atoms with Gasteiger partial charge in [0.05, 0.1) is 13.2 Å². The van der Waals surface area contributed by atoms with Gasteiger partial charge in [0.15, 0.2) is 0 Å². The van der Waals surface area contributed by atoms with Crippen LogP contribution in [0.5, 0.6) is 5.75 Å². The molecule has 5 heteroatoms. The van der Waals surface area contributed by atoms with E-state index in [-0.39, 0.29) is 0 Å². The number of anilines is 1. The Kier molecular flexibility index (Phi) is 4.17. The van der Waals surface area contributed by atoms with Gasteiger partial charge in [-0.25, -0.2) is 4.63 Å². The van der Waals surface area contributed by atoms with Crippen molar-refractivity contribution in [3.05, 3.63) is 35.7 Å². The van der Waals surface area contributed by atoms with E-state index in [2.05, 4.69) is 27.2 Å². The van der Waals surface area contributed by atoms with Crippen molar-refractivity contribution in [3.63, 3.8) is 0 Å². The van der Waals surface area contributed by atoms with E-state index in [0.29, 0.717) is 6.54 Å². The Hall–Kier alpha value is -2.04. The van der Waals surface area contributed by atoms with Gasteiger partial charge in [-0.05, 0) is 37.6 Å². The van der Waals surface area contributed by atoms with Gasteiger partial charge in [-0.2, -0.15) is 0 Å². The third-order valence-electron chi connectivity index (χ3n) is 2.53. The lowest BCUT2D eigenvalue weighted by atomic mass is 10.3. The molecule has 1 heterocycles. The molecule has 0 unspecified atom stereocenters. The molecule has 18 heavy (non-hydrogen) atoms. The molecule has 0 aliphatic heterocycles. The van der Waals surface area contributed by atoms with Crippen LogP contribution in [0.4, 0.5) is 5.69 Å². The minimum absolute atomic E-state index is 0.602. The molecule has 1 N–H and O–H groups in total. The maximum atomic E-state index is 5.51. The lowest BCUT2D eigenvalue weighted by Crippen LogP contribution is -2.01. The summed E-state index contributed by atoms with van der Waals surface area (Å²) in [6, 6.07) is 7.86. The molecular weight excluding hydrogens is 230 g/mol. The van der Waals surface area contributed by atoms with Crippen LogP contribution >= 0.6 is 0 Å². The minimum atomic E-state index is 0.602. The van der Waals surface area contributed by atoms with E-state index < -0.39 is 0 Å². The van der Waals surface area contributed by atoms with E-state index >= 15 is 0 Å². The summed E-state index contributed by atoms with van der Waals surface area (Å²) < 4.78 is 10.2. The number of nitrogens with one attached hydrogen (secondary N) is 1. The normalized spacial score (nSPS) is 10.3. The van der Waals surface area contributed by atoms with Crippen LogP contribution in [-0.4, -0.2) is 16.9 Å². The molecule has 1 aromatic carbocycles. The van der Waals surface area contributed by atoms with E-state index in [0.717, 1.165) is 35.9 Å². The van der Waals surface area contributed by atoms with E-state index in [1.165, 1.54) is 0 Å². The van der Waals surface area contributed by atoms with Crippen molar-refractivity contribution in [2.75, 3.05) is 11.9 Å². The highest BCUT2D eigenvalue weighted by Crippen LogP contribution is 2.16. The van der Waals surface area contributed by atoms with Crippen molar-refractivity contribution < 1.29 is 9.37 Å². The Labute approximate surface area is 106 Å².